The highest BCUT2D eigenvalue weighted by atomic mass is 16.6. The van der Waals surface area contributed by atoms with E-state index in [1.54, 1.807) is 6.92 Å². The van der Waals surface area contributed by atoms with Crippen LogP contribution in [-0.4, -0.2) is 37.7 Å². The number of nitrogens with one attached hydrogen (secondary N) is 1. The lowest BCUT2D eigenvalue weighted by atomic mass is 10.2. The second-order valence-electron chi connectivity index (χ2n) is 4.50. The Hall–Kier alpha value is -2.45. The molecule has 0 aliphatic carbocycles. The Morgan fingerprint density at radius 3 is 2.55 bits per heavy atom. The van der Waals surface area contributed by atoms with Crippen molar-refractivity contribution in [2.24, 2.45) is 0 Å². The molecule has 0 bridgehead atoms. The van der Waals surface area contributed by atoms with Crippen LogP contribution in [0.2, 0.25) is 0 Å². The number of carboxylic acids is 1. The van der Waals surface area contributed by atoms with Gasteiger partial charge in [0.15, 0.2) is 0 Å². The number of nitrogens with zero attached hydrogens (tertiary/aromatic N) is 3. The standard InChI is InChI=1S/C11H16N4O5/c1-6(4-10(17)18)12-9(16)5-14-8(3)11(15(19)20)7(2)13-14/h6H,4-5H2,1-3H3,(H,12,16)(H,17,18). The van der Waals surface area contributed by atoms with E-state index in [1.807, 2.05) is 0 Å². The molecule has 1 atom stereocenters. The van der Waals surface area contributed by atoms with Crippen LogP contribution in [0.25, 0.3) is 0 Å². The number of amides is 1. The van der Waals surface area contributed by atoms with Crippen LogP contribution in [0, 0.1) is 24.0 Å². The quantitative estimate of drug-likeness (QED) is 0.574. The Kier molecular flexibility index (Phi) is 4.78. The summed E-state index contributed by atoms with van der Waals surface area (Å²) in [5.41, 5.74) is 0.406. The second kappa shape index (κ2) is 6.13. The molecule has 1 unspecified atom stereocenters. The van der Waals surface area contributed by atoms with Gasteiger partial charge in [-0.15, -0.1) is 0 Å². The second-order valence-corrected chi connectivity index (χ2v) is 4.50. The maximum Gasteiger partial charge on any atom is 0.312 e. The SMILES string of the molecule is Cc1nn(CC(=O)NC(C)CC(=O)O)c(C)c1[N+](=O)[O-]. The Morgan fingerprint density at radius 2 is 2.10 bits per heavy atom. The molecule has 1 amide bonds. The number of aliphatic carboxylic acids is 1. The molecule has 0 aromatic carbocycles. The Bertz CT molecular complexity index is 551. The van der Waals surface area contributed by atoms with Crippen LogP contribution < -0.4 is 5.32 Å². The number of aryl methyl sites for hydroxylation is 1. The monoisotopic (exact) mass is 284 g/mol. The third kappa shape index (κ3) is 3.77. The molecule has 110 valence electrons. The fourth-order valence-electron chi connectivity index (χ4n) is 1.88. The first-order valence-corrected chi connectivity index (χ1v) is 5.92. The molecule has 9 nitrogen and oxygen atoms in total. The van der Waals surface area contributed by atoms with Crippen molar-refractivity contribution in [3.05, 3.63) is 21.5 Å². The summed E-state index contributed by atoms with van der Waals surface area (Å²) < 4.78 is 1.23. The van der Waals surface area contributed by atoms with Crippen molar-refractivity contribution in [2.45, 2.75) is 39.8 Å². The lowest BCUT2D eigenvalue weighted by Gasteiger charge is -2.11. The first-order valence-electron chi connectivity index (χ1n) is 5.92. The topological polar surface area (TPSA) is 127 Å². The summed E-state index contributed by atoms with van der Waals surface area (Å²) in [5.74, 6) is -1.46. The number of hydrogen-bond acceptors (Lipinski definition) is 5. The van der Waals surface area contributed by atoms with E-state index in [-0.39, 0.29) is 30.0 Å². The molecule has 9 heteroatoms. The van der Waals surface area contributed by atoms with Crippen LogP contribution in [0.1, 0.15) is 24.7 Å². The maximum atomic E-state index is 11.7. The van der Waals surface area contributed by atoms with Crippen LogP contribution in [0.4, 0.5) is 5.69 Å². The van der Waals surface area contributed by atoms with Crippen LogP contribution in [0.15, 0.2) is 0 Å². The highest BCUT2D eigenvalue weighted by Crippen LogP contribution is 2.21. The molecule has 2 N–H and O–H groups in total. The van der Waals surface area contributed by atoms with Gasteiger partial charge in [0.2, 0.25) is 5.91 Å². The van der Waals surface area contributed by atoms with Crippen molar-refractivity contribution in [3.8, 4) is 0 Å². The smallest absolute Gasteiger partial charge is 0.312 e. The molecule has 20 heavy (non-hydrogen) atoms. The number of hydrogen-bond donors (Lipinski definition) is 2. The average Bonchev–Trinajstić information content (AvgIpc) is 2.51. The maximum absolute atomic E-state index is 11.7. The molecule has 0 aliphatic heterocycles. The van der Waals surface area contributed by atoms with Gasteiger partial charge in [-0.25, -0.2) is 0 Å². The zero-order chi connectivity index (χ0) is 15.4. The van der Waals surface area contributed by atoms with Crippen molar-refractivity contribution in [1.82, 2.24) is 15.1 Å². The summed E-state index contributed by atoms with van der Waals surface area (Å²) in [6, 6.07) is -0.521. The van der Waals surface area contributed by atoms with E-state index >= 15 is 0 Å². The van der Waals surface area contributed by atoms with Crippen molar-refractivity contribution >= 4 is 17.6 Å². The summed E-state index contributed by atoms with van der Waals surface area (Å²) in [7, 11) is 0. The minimum Gasteiger partial charge on any atom is -0.481 e. The van der Waals surface area contributed by atoms with Crippen LogP contribution in [0.5, 0.6) is 0 Å². The molecule has 0 spiro atoms. The Morgan fingerprint density at radius 1 is 1.50 bits per heavy atom. The fourth-order valence-corrected chi connectivity index (χ4v) is 1.88. The summed E-state index contributed by atoms with van der Waals surface area (Å²) in [5, 5.41) is 25.8. The van der Waals surface area contributed by atoms with Crippen LogP contribution in [0.3, 0.4) is 0 Å². The highest BCUT2D eigenvalue weighted by molar-refractivity contribution is 5.77. The van der Waals surface area contributed by atoms with E-state index in [0.717, 1.165) is 0 Å². The van der Waals surface area contributed by atoms with Crippen LogP contribution >= 0.6 is 0 Å². The van der Waals surface area contributed by atoms with E-state index in [4.69, 9.17) is 5.11 Å². The first-order chi connectivity index (χ1) is 9.22. The van der Waals surface area contributed by atoms with Gasteiger partial charge in [0, 0.05) is 6.04 Å². The number of carboxylic acid groups (broad SMARTS) is 1. The normalized spacial score (nSPS) is 11.9. The molecule has 0 aliphatic rings. The molecule has 1 heterocycles. The third-order valence-corrected chi connectivity index (χ3v) is 2.71. The van der Waals surface area contributed by atoms with Crippen molar-refractivity contribution in [3.63, 3.8) is 0 Å². The fraction of sp³-hybridized carbons (Fsp3) is 0.545. The van der Waals surface area contributed by atoms with Gasteiger partial charge in [-0.3, -0.25) is 24.4 Å². The Labute approximate surface area is 114 Å². The lowest BCUT2D eigenvalue weighted by molar-refractivity contribution is -0.386. The minimum absolute atomic E-state index is 0.114. The van der Waals surface area contributed by atoms with Crippen LogP contribution in [-0.2, 0) is 16.1 Å². The largest absolute Gasteiger partial charge is 0.481 e. The van der Waals surface area contributed by atoms with Gasteiger partial charge in [0.05, 0.1) is 11.3 Å². The molecule has 1 rings (SSSR count). The van der Waals surface area contributed by atoms with Crippen molar-refractivity contribution < 1.29 is 19.6 Å². The number of rotatable bonds is 6. The van der Waals surface area contributed by atoms with Gasteiger partial charge in [-0.2, -0.15) is 5.10 Å². The molecule has 1 aromatic heterocycles. The molecular weight excluding hydrogens is 268 g/mol. The van der Waals surface area contributed by atoms with Gasteiger partial charge in [-0.05, 0) is 20.8 Å². The predicted molar refractivity (Wildman–Crippen MR) is 68.2 cm³/mol. The summed E-state index contributed by atoms with van der Waals surface area (Å²) in [6.07, 6.45) is -0.191. The lowest BCUT2D eigenvalue weighted by Crippen LogP contribution is -2.36. The molecule has 0 radical (unpaired) electrons. The number of aromatic nitrogens is 2. The van der Waals surface area contributed by atoms with E-state index in [9.17, 15) is 19.7 Å². The highest BCUT2D eigenvalue weighted by Gasteiger charge is 2.23. The van der Waals surface area contributed by atoms with Gasteiger partial charge in [0.1, 0.15) is 17.9 Å². The van der Waals surface area contributed by atoms with Crippen molar-refractivity contribution in [1.29, 1.82) is 0 Å². The molecule has 0 saturated carbocycles. The van der Waals surface area contributed by atoms with Crippen molar-refractivity contribution in [2.75, 3.05) is 0 Å². The molecule has 0 saturated heterocycles. The number of carbonyl (C=O) groups excluding carboxylic acids is 1. The summed E-state index contributed by atoms with van der Waals surface area (Å²) in [6.45, 7) is 4.37. The summed E-state index contributed by atoms with van der Waals surface area (Å²) >= 11 is 0. The zero-order valence-electron chi connectivity index (χ0n) is 11.4. The van der Waals surface area contributed by atoms with E-state index < -0.39 is 22.8 Å². The first kappa shape index (κ1) is 15.6. The van der Waals surface area contributed by atoms with E-state index in [2.05, 4.69) is 10.4 Å². The van der Waals surface area contributed by atoms with E-state index in [0.29, 0.717) is 0 Å². The zero-order valence-corrected chi connectivity index (χ0v) is 11.4. The third-order valence-electron chi connectivity index (χ3n) is 2.71. The molecule has 0 fully saturated rings. The predicted octanol–water partition coefficient (Wildman–Crippen LogP) is 0.388. The average molecular weight is 284 g/mol. The molecule has 1 aromatic rings. The van der Waals surface area contributed by atoms with E-state index in [1.165, 1.54) is 18.5 Å². The van der Waals surface area contributed by atoms with Gasteiger partial charge in [0.25, 0.3) is 0 Å². The van der Waals surface area contributed by atoms with Gasteiger partial charge >= 0.3 is 11.7 Å². The number of nitro groups is 1. The Balaban J connectivity index is 2.74. The minimum atomic E-state index is -1.01. The van der Waals surface area contributed by atoms with Gasteiger partial charge < -0.3 is 10.4 Å². The summed E-state index contributed by atoms with van der Waals surface area (Å²) in [4.78, 5) is 32.5. The molecular formula is C11H16N4O5. The van der Waals surface area contributed by atoms with Gasteiger partial charge in [-0.1, -0.05) is 0 Å². The number of carbonyl (C=O) groups is 2.